The van der Waals surface area contributed by atoms with Gasteiger partial charge in [-0.25, -0.2) is 0 Å². The van der Waals surface area contributed by atoms with Crippen molar-refractivity contribution in [1.82, 2.24) is 15.0 Å². The summed E-state index contributed by atoms with van der Waals surface area (Å²) in [4.78, 5) is 16.8. The van der Waals surface area contributed by atoms with E-state index < -0.39 is 0 Å². The van der Waals surface area contributed by atoms with Gasteiger partial charge in [-0.2, -0.15) is 15.0 Å². The molecule has 28 heavy (non-hydrogen) atoms. The zero-order valence-electron chi connectivity index (χ0n) is 15.8. The highest BCUT2D eigenvalue weighted by Crippen LogP contribution is 2.22. The lowest BCUT2D eigenvalue weighted by Gasteiger charge is -2.25. The molecule has 1 aromatic heterocycles. The molecule has 0 aliphatic carbocycles. The molecule has 0 radical (unpaired) electrons. The minimum atomic E-state index is -0.124. The number of nitrogens with zero attached hydrogens (tertiary/aromatic N) is 5. The number of rotatable bonds is 12. The molecule has 2 aromatic rings. The third-order valence-corrected chi connectivity index (χ3v) is 4.06. The van der Waals surface area contributed by atoms with E-state index in [9.17, 15) is 20.4 Å². The van der Waals surface area contributed by atoms with Gasteiger partial charge >= 0.3 is 0 Å². The smallest absolute Gasteiger partial charge is 0.230 e. The number of aromatic nitrogens is 3. The van der Waals surface area contributed by atoms with Crippen LogP contribution in [0, 0.1) is 0 Å². The van der Waals surface area contributed by atoms with Gasteiger partial charge in [0.2, 0.25) is 11.9 Å². The van der Waals surface area contributed by atoms with E-state index in [2.05, 4.69) is 21.5 Å². The van der Waals surface area contributed by atoms with Crippen LogP contribution in [0.2, 0.25) is 0 Å². The monoisotopic (exact) mass is 389 g/mol. The first-order valence-corrected chi connectivity index (χ1v) is 9.09. The van der Waals surface area contributed by atoms with Gasteiger partial charge in [0.15, 0.2) is 5.82 Å². The highest BCUT2D eigenvalue weighted by atomic mass is 16.3. The SMILES string of the molecule is C=Cc1ccc(-c2nc(N(CCO)CCO)nc(N(CCO)CCO)n2)cc1. The predicted molar refractivity (Wildman–Crippen MR) is 108 cm³/mol. The van der Waals surface area contributed by atoms with Crippen LogP contribution < -0.4 is 9.80 Å². The fourth-order valence-electron chi connectivity index (χ4n) is 2.64. The second-order valence-electron chi connectivity index (χ2n) is 5.95. The standard InChI is InChI=1S/C19H27N5O4/c1-2-15-3-5-16(6-4-15)17-20-18(23(7-11-25)8-12-26)22-19(21-17)24(9-13-27)10-14-28/h2-6,25-28H,1,7-14H2. The van der Waals surface area contributed by atoms with Crippen LogP contribution in [0.1, 0.15) is 5.56 Å². The second kappa shape index (κ2) is 11.3. The van der Waals surface area contributed by atoms with Crippen LogP contribution >= 0.6 is 0 Å². The average molecular weight is 389 g/mol. The number of hydrogen-bond acceptors (Lipinski definition) is 9. The molecule has 9 heteroatoms. The van der Waals surface area contributed by atoms with E-state index in [1.165, 1.54) is 0 Å². The molecule has 152 valence electrons. The van der Waals surface area contributed by atoms with Crippen LogP contribution in [0.5, 0.6) is 0 Å². The third-order valence-electron chi connectivity index (χ3n) is 4.06. The molecule has 0 saturated carbocycles. The van der Waals surface area contributed by atoms with Crippen LogP contribution in [0.4, 0.5) is 11.9 Å². The molecule has 0 spiro atoms. The minimum Gasteiger partial charge on any atom is -0.395 e. The Hall–Kier alpha value is -2.59. The molecule has 1 aromatic carbocycles. The Morgan fingerprint density at radius 2 is 1.14 bits per heavy atom. The van der Waals surface area contributed by atoms with Gasteiger partial charge < -0.3 is 30.2 Å². The van der Waals surface area contributed by atoms with Crippen molar-refractivity contribution in [1.29, 1.82) is 0 Å². The van der Waals surface area contributed by atoms with E-state index in [0.717, 1.165) is 11.1 Å². The van der Waals surface area contributed by atoms with E-state index in [4.69, 9.17) is 0 Å². The number of aliphatic hydroxyl groups is 4. The lowest BCUT2D eigenvalue weighted by atomic mass is 10.1. The first-order chi connectivity index (χ1) is 13.7. The highest BCUT2D eigenvalue weighted by Gasteiger charge is 2.17. The van der Waals surface area contributed by atoms with E-state index in [0.29, 0.717) is 17.7 Å². The minimum absolute atomic E-state index is 0.124. The third kappa shape index (κ3) is 5.70. The Bertz CT molecular complexity index is 695. The van der Waals surface area contributed by atoms with Gasteiger partial charge in [0.25, 0.3) is 0 Å². The van der Waals surface area contributed by atoms with Gasteiger partial charge in [-0.15, -0.1) is 0 Å². The molecule has 0 unspecified atom stereocenters. The summed E-state index contributed by atoms with van der Waals surface area (Å²) in [5, 5.41) is 37.3. The molecular formula is C19H27N5O4. The molecule has 9 nitrogen and oxygen atoms in total. The molecule has 0 bridgehead atoms. The molecule has 0 saturated heterocycles. The molecule has 0 fully saturated rings. The summed E-state index contributed by atoms with van der Waals surface area (Å²) in [6.45, 7) is 4.24. The maximum absolute atomic E-state index is 9.34. The fourth-order valence-corrected chi connectivity index (χ4v) is 2.64. The van der Waals surface area contributed by atoms with Gasteiger partial charge in [0.1, 0.15) is 0 Å². The number of anilines is 2. The highest BCUT2D eigenvalue weighted by molar-refractivity contribution is 5.61. The lowest BCUT2D eigenvalue weighted by molar-refractivity contribution is 0.279. The topological polar surface area (TPSA) is 126 Å². The largest absolute Gasteiger partial charge is 0.395 e. The number of hydrogen-bond donors (Lipinski definition) is 4. The maximum atomic E-state index is 9.34. The van der Waals surface area contributed by atoms with Gasteiger partial charge in [0, 0.05) is 31.7 Å². The van der Waals surface area contributed by atoms with Crippen LogP contribution in [0.3, 0.4) is 0 Å². The van der Waals surface area contributed by atoms with Gasteiger partial charge in [-0.3, -0.25) is 0 Å². The normalized spacial score (nSPS) is 10.7. The van der Waals surface area contributed by atoms with Crippen molar-refractivity contribution in [3.05, 3.63) is 36.4 Å². The lowest BCUT2D eigenvalue weighted by Crippen LogP contribution is -2.34. The van der Waals surface area contributed by atoms with Gasteiger partial charge in [-0.05, 0) is 5.56 Å². The van der Waals surface area contributed by atoms with E-state index in [1.54, 1.807) is 15.9 Å². The molecule has 0 atom stereocenters. The van der Waals surface area contributed by atoms with Crippen LogP contribution in [-0.4, -0.2) is 88.0 Å². The first kappa shape index (κ1) is 21.7. The molecule has 4 N–H and O–H groups in total. The van der Waals surface area contributed by atoms with Crippen LogP contribution in [0.15, 0.2) is 30.8 Å². The van der Waals surface area contributed by atoms with Gasteiger partial charge in [-0.1, -0.05) is 36.9 Å². The second-order valence-corrected chi connectivity index (χ2v) is 5.95. The summed E-state index contributed by atoms with van der Waals surface area (Å²) in [5.74, 6) is 1.02. The van der Waals surface area contributed by atoms with Crippen LogP contribution in [0.25, 0.3) is 17.5 Å². The Kier molecular flexibility index (Phi) is 8.76. The van der Waals surface area contributed by atoms with E-state index in [-0.39, 0.29) is 52.6 Å². The first-order valence-electron chi connectivity index (χ1n) is 9.09. The molecular weight excluding hydrogens is 362 g/mol. The number of benzene rings is 1. The predicted octanol–water partition coefficient (Wildman–Crippen LogP) is -0.236. The molecule has 0 aliphatic rings. The fraction of sp³-hybridized carbons (Fsp3) is 0.421. The van der Waals surface area contributed by atoms with Crippen molar-refractivity contribution in [2.24, 2.45) is 0 Å². The molecule has 2 rings (SSSR count). The Morgan fingerprint density at radius 3 is 1.50 bits per heavy atom. The summed E-state index contributed by atoms with van der Waals surface area (Å²) < 4.78 is 0. The van der Waals surface area contributed by atoms with Crippen LogP contribution in [-0.2, 0) is 0 Å². The Balaban J connectivity index is 2.53. The molecule has 0 aliphatic heterocycles. The summed E-state index contributed by atoms with van der Waals surface area (Å²) >= 11 is 0. The van der Waals surface area contributed by atoms with E-state index >= 15 is 0 Å². The summed E-state index contributed by atoms with van der Waals surface area (Å²) in [5.41, 5.74) is 1.72. The van der Waals surface area contributed by atoms with Crippen molar-refractivity contribution in [3.63, 3.8) is 0 Å². The van der Waals surface area contributed by atoms with Crippen molar-refractivity contribution >= 4 is 18.0 Å². The Labute approximate surface area is 164 Å². The van der Waals surface area contributed by atoms with E-state index in [1.807, 2.05) is 24.3 Å². The van der Waals surface area contributed by atoms with Gasteiger partial charge in [0.05, 0.1) is 26.4 Å². The molecule has 1 heterocycles. The summed E-state index contributed by atoms with van der Waals surface area (Å²) in [6, 6.07) is 7.52. The zero-order valence-corrected chi connectivity index (χ0v) is 15.8. The van der Waals surface area contributed by atoms with Crippen molar-refractivity contribution < 1.29 is 20.4 Å². The summed E-state index contributed by atoms with van der Waals surface area (Å²) in [7, 11) is 0. The summed E-state index contributed by atoms with van der Waals surface area (Å²) in [6.07, 6.45) is 1.74. The quantitative estimate of drug-likeness (QED) is 0.389. The number of aliphatic hydroxyl groups excluding tert-OH is 4. The van der Waals surface area contributed by atoms with Crippen molar-refractivity contribution in [3.8, 4) is 11.4 Å². The Morgan fingerprint density at radius 1 is 0.714 bits per heavy atom. The maximum Gasteiger partial charge on any atom is 0.230 e. The van der Waals surface area contributed by atoms with Crippen molar-refractivity contribution in [2.45, 2.75) is 0 Å². The zero-order chi connectivity index (χ0) is 20.4. The average Bonchev–Trinajstić information content (AvgIpc) is 2.73. The van der Waals surface area contributed by atoms with Crippen molar-refractivity contribution in [2.75, 3.05) is 62.4 Å². The molecule has 0 amide bonds.